The molecule has 0 unspecified atom stereocenters. The van der Waals surface area contributed by atoms with Crippen LogP contribution in [0.5, 0.6) is 0 Å². The quantitative estimate of drug-likeness (QED) is 0.552. The van der Waals surface area contributed by atoms with Gasteiger partial charge in [-0.05, 0) is 49.6 Å². The molecule has 0 saturated carbocycles. The second-order valence-corrected chi connectivity index (χ2v) is 3.84. The Kier molecular flexibility index (Phi) is 4.41. The minimum Gasteiger partial charge on any atom is -0.289 e. The summed E-state index contributed by atoms with van der Waals surface area (Å²) in [6.07, 6.45) is 3.41. The Bertz CT molecular complexity index is 413. The maximum Gasteiger partial charge on any atom is 0.185 e. The number of hydrogen-bond acceptors (Lipinski definition) is 1. The van der Waals surface area contributed by atoms with Crippen molar-refractivity contribution < 1.29 is 9.18 Å². The number of hydrogen-bond donors (Lipinski definition) is 0. The molecule has 0 saturated heterocycles. The molecule has 0 atom stereocenters. The summed E-state index contributed by atoms with van der Waals surface area (Å²) in [6.45, 7) is 5.72. The smallest absolute Gasteiger partial charge is 0.185 e. The first-order valence-corrected chi connectivity index (χ1v) is 5.58. The highest BCUT2D eigenvalue weighted by molar-refractivity contribution is 6.05. The van der Waals surface area contributed by atoms with E-state index in [9.17, 15) is 9.18 Å². The fourth-order valence-corrected chi connectivity index (χ4v) is 1.52. The molecule has 0 fully saturated rings. The van der Waals surface area contributed by atoms with Crippen LogP contribution in [-0.2, 0) is 0 Å². The highest BCUT2D eigenvalue weighted by Gasteiger charge is 2.06. The molecule has 0 spiro atoms. The predicted molar refractivity (Wildman–Crippen MR) is 64.1 cm³/mol. The summed E-state index contributed by atoms with van der Waals surface area (Å²) >= 11 is 0. The van der Waals surface area contributed by atoms with Gasteiger partial charge >= 0.3 is 0 Å². The zero-order valence-corrected chi connectivity index (χ0v) is 10.0. The summed E-state index contributed by atoms with van der Waals surface area (Å²) in [7, 11) is 0. The van der Waals surface area contributed by atoms with Crippen LogP contribution in [0.2, 0.25) is 0 Å². The second-order valence-electron chi connectivity index (χ2n) is 3.84. The van der Waals surface area contributed by atoms with Crippen LogP contribution >= 0.6 is 0 Å². The van der Waals surface area contributed by atoms with Crippen LogP contribution in [0.4, 0.5) is 4.39 Å². The molecule has 0 aliphatic rings. The Labute approximate surface area is 96.0 Å². The Morgan fingerprint density at radius 2 is 1.94 bits per heavy atom. The normalized spacial score (nSPS) is 10.0. The standard InChI is InChI=1S/C14H17FO/c1-4-11(5-2)9-14(16)12-6-7-13(15)10(3)8-12/h6-9H,4-5H2,1-3H3. The van der Waals surface area contributed by atoms with Gasteiger partial charge in [-0.1, -0.05) is 19.4 Å². The fourth-order valence-electron chi connectivity index (χ4n) is 1.52. The number of ketones is 1. The molecule has 86 valence electrons. The van der Waals surface area contributed by atoms with Gasteiger partial charge in [0.05, 0.1) is 0 Å². The molecular formula is C14H17FO. The molecule has 0 aliphatic carbocycles. The van der Waals surface area contributed by atoms with E-state index in [4.69, 9.17) is 0 Å². The van der Waals surface area contributed by atoms with Crippen molar-refractivity contribution in [1.82, 2.24) is 0 Å². The maximum atomic E-state index is 13.0. The Balaban J connectivity index is 2.97. The van der Waals surface area contributed by atoms with Gasteiger partial charge in [0.1, 0.15) is 5.82 Å². The Hall–Kier alpha value is -1.44. The summed E-state index contributed by atoms with van der Waals surface area (Å²) in [5, 5.41) is 0. The van der Waals surface area contributed by atoms with Crippen molar-refractivity contribution in [1.29, 1.82) is 0 Å². The third-order valence-corrected chi connectivity index (χ3v) is 2.69. The summed E-state index contributed by atoms with van der Waals surface area (Å²) < 4.78 is 13.0. The first kappa shape index (κ1) is 12.6. The number of benzene rings is 1. The lowest BCUT2D eigenvalue weighted by Crippen LogP contribution is -1.98. The van der Waals surface area contributed by atoms with Crippen molar-refractivity contribution in [3.05, 3.63) is 46.8 Å². The highest BCUT2D eigenvalue weighted by Crippen LogP contribution is 2.13. The number of carbonyl (C=O) groups is 1. The molecule has 0 radical (unpaired) electrons. The van der Waals surface area contributed by atoms with E-state index in [0.29, 0.717) is 11.1 Å². The van der Waals surface area contributed by atoms with Crippen molar-refractivity contribution in [3.63, 3.8) is 0 Å². The predicted octanol–water partition coefficient (Wildman–Crippen LogP) is 4.06. The molecule has 0 amide bonds. The number of rotatable bonds is 4. The third-order valence-electron chi connectivity index (χ3n) is 2.69. The summed E-state index contributed by atoms with van der Waals surface area (Å²) in [5.41, 5.74) is 2.18. The van der Waals surface area contributed by atoms with Crippen LogP contribution in [0.3, 0.4) is 0 Å². The van der Waals surface area contributed by atoms with Crippen LogP contribution in [-0.4, -0.2) is 5.78 Å². The largest absolute Gasteiger partial charge is 0.289 e. The molecular weight excluding hydrogens is 203 g/mol. The van der Waals surface area contributed by atoms with Crippen molar-refractivity contribution in [3.8, 4) is 0 Å². The molecule has 16 heavy (non-hydrogen) atoms. The molecule has 0 aromatic heterocycles. The van der Waals surface area contributed by atoms with Gasteiger partial charge in [0.2, 0.25) is 0 Å². The minimum atomic E-state index is -0.272. The molecule has 0 aliphatic heterocycles. The van der Waals surface area contributed by atoms with Gasteiger partial charge in [0.15, 0.2) is 5.78 Å². The van der Waals surface area contributed by atoms with Gasteiger partial charge in [-0.3, -0.25) is 4.79 Å². The van der Waals surface area contributed by atoms with Crippen LogP contribution in [0.25, 0.3) is 0 Å². The first-order chi connectivity index (χ1) is 7.58. The molecule has 1 rings (SSSR count). The van der Waals surface area contributed by atoms with E-state index < -0.39 is 0 Å². The van der Waals surface area contributed by atoms with Crippen molar-refractivity contribution in [2.24, 2.45) is 0 Å². The van der Waals surface area contributed by atoms with Crippen LogP contribution < -0.4 is 0 Å². The summed E-state index contributed by atoms with van der Waals surface area (Å²) in [4.78, 5) is 11.8. The van der Waals surface area contributed by atoms with Gasteiger partial charge in [-0.2, -0.15) is 0 Å². The average Bonchev–Trinajstić information content (AvgIpc) is 2.29. The highest BCUT2D eigenvalue weighted by atomic mass is 19.1. The van der Waals surface area contributed by atoms with Crippen LogP contribution in [0, 0.1) is 12.7 Å². The third kappa shape index (κ3) is 3.02. The van der Waals surface area contributed by atoms with E-state index in [2.05, 4.69) is 0 Å². The molecule has 1 aromatic carbocycles. The van der Waals surface area contributed by atoms with E-state index in [1.54, 1.807) is 19.1 Å². The lowest BCUT2D eigenvalue weighted by molar-refractivity contribution is 0.104. The van der Waals surface area contributed by atoms with E-state index in [1.165, 1.54) is 12.1 Å². The van der Waals surface area contributed by atoms with Gasteiger partial charge in [-0.15, -0.1) is 0 Å². The van der Waals surface area contributed by atoms with E-state index >= 15 is 0 Å². The Morgan fingerprint density at radius 1 is 1.31 bits per heavy atom. The maximum absolute atomic E-state index is 13.0. The van der Waals surface area contributed by atoms with Crippen molar-refractivity contribution >= 4 is 5.78 Å². The molecule has 0 bridgehead atoms. The number of aryl methyl sites for hydroxylation is 1. The Morgan fingerprint density at radius 3 is 2.44 bits per heavy atom. The zero-order chi connectivity index (χ0) is 12.1. The van der Waals surface area contributed by atoms with Crippen LogP contribution in [0.1, 0.15) is 42.6 Å². The molecule has 1 nitrogen and oxygen atoms in total. The van der Waals surface area contributed by atoms with E-state index in [-0.39, 0.29) is 11.6 Å². The first-order valence-electron chi connectivity index (χ1n) is 5.58. The number of halogens is 1. The lowest BCUT2D eigenvalue weighted by atomic mass is 10.0. The molecule has 0 heterocycles. The van der Waals surface area contributed by atoms with Crippen LogP contribution in [0.15, 0.2) is 29.8 Å². The van der Waals surface area contributed by atoms with E-state index in [0.717, 1.165) is 18.4 Å². The van der Waals surface area contributed by atoms with Gasteiger partial charge in [0, 0.05) is 5.56 Å². The topological polar surface area (TPSA) is 17.1 Å². The minimum absolute atomic E-state index is 0.0400. The fraction of sp³-hybridized carbons (Fsp3) is 0.357. The molecule has 0 N–H and O–H groups in total. The molecule has 1 aromatic rings. The summed E-state index contributed by atoms with van der Waals surface area (Å²) in [5.74, 6) is -0.312. The van der Waals surface area contributed by atoms with Gasteiger partial charge in [-0.25, -0.2) is 4.39 Å². The second kappa shape index (κ2) is 5.59. The van der Waals surface area contributed by atoms with Gasteiger partial charge in [0.25, 0.3) is 0 Å². The summed E-state index contributed by atoms with van der Waals surface area (Å²) in [6, 6.07) is 4.47. The van der Waals surface area contributed by atoms with Crippen molar-refractivity contribution in [2.75, 3.05) is 0 Å². The average molecular weight is 220 g/mol. The SMILES string of the molecule is CCC(=CC(=O)c1ccc(F)c(C)c1)CC. The monoisotopic (exact) mass is 220 g/mol. The lowest BCUT2D eigenvalue weighted by Gasteiger charge is -2.02. The molecule has 2 heteroatoms. The van der Waals surface area contributed by atoms with Gasteiger partial charge < -0.3 is 0 Å². The van der Waals surface area contributed by atoms with Crippen molar-refractivity contribution in [2.45, 2.75) is 33.6 Å². The zero-order valence-electron chi connectivity index (χ0n) is 10.0. The van der Waals surface area contributed by atoms with E-state index in [1.807, 2.05) is 13.8 Å². The number of allylic oxidation sites excluding steroid dienone is 2. The number of carbonyl (C=O) groups excluding carboxylic acids is 1.